The molecule has 13 heteroatoms. The second kappa shape index (κ2) is 8.81. The number of ether oxygens (including phenoxy) is 1. The van der Waals surface area contributed by atoms with Gasteiger partial charge in [0.1, 0.15) is 11.3 Å². The first-order valence-electron chi connectivity index (χ1n) is 11.0. The van der Waals surface area contributed by atoms with E-state index in [9.17, 15) is 34.6 Å². The Balaban J connectivity index is 1.81. The molecule has 13 nitrogen and oxygen atoms in total. The lowest BCUT2D eigenvalue weighted by atomic mass is 9.83. The van der Waals surface area contributed by atoms with Crippen LogP contribution in [0.1, 0.15) is 5.56 Å². The van der Waals surface area contributed by atoms with Crippen LogP contribution in [0.3, 0.4) is 0 Å². The molecule has 0 saturated carbocycles. The molecule has 1 spiro atoms. The summed E-state index contributed by atoms with van der Waals surface area (Å²) in [6.07, 6.45) is 0. The molecule has 2 aliphatic rings. The van der Waals surface area contributed by atoms with Crippen molar-refractivity contribution in [1.29, 1.82) is 0 Å². The molecule has 1 unspecified atom stereocenters. The molecule has 2 heterocycles. The summed E-state index contributed by atoms with van der Waals surface area (Å²) in [4.78, 5) is 63.7. The number of hydrogen-bond donors (Lipinski definition) is 2. The third-order valence-electron chi connectivity index (χ3n) is 6.27. The van der Waals surface area contributed by atoms with E-state index in [1.807, 2.05) is 0 Å². The van der Waals surface area contributed by atoms with Gasteiger partial charge in [-0.1, -0.05) is 30.3 Å². The molecular formula is C25H17N5O8. The lowest BCUT2D eigenvalue weighted by Crippen LogP contribution is -2.52. The number of rotatable bonds is 6. The molecule has 3 aromatic carbocycles. The van der Waals surface area contributed by atoms with E-state index in [4.69, 9.17) is 4.74 Å². The second-order valence-electron chi connectivity index (χ2n) is 8.30. The lowest BCUT2D eigenvalue weighted by Gasteiger charge is -2.34. The average molecular weight is 515 g/mol. The van der Waals surface area contributed by atoms with Crippen molar-refractivity contribution >= 4 is 46.2 Å². The Labute approximate surface area is 213 Å². The molecule has 0 bridgehead atoms. The summed E-state index contributed by atoms with van der Waals surface area (Å²) in [5.41, 5.74) is -2.88. The highest BCUT2D eigenvalue weighted by atomic mass is 16.6. The van der Waals surface area contributed by atoms with Crippen molar-refractivity contribution < 1.29 is 29.0 Å². The van der Waals surface area contributed by atoms with Gasteiger partial charge in [-0.2, -0.15) is 0 Å². The summed E-state index contributed by atoms with van der Waals surface area (Å²) in [6.45, 7) is 0. The number of nitrogens with zero attached hydrogens (tertiary/aromatic N) is 3. The van der Waals surface area contributed by atoms with Gasteiger partial charge in [-0.3, -0.25) is 34.7 Å². The van der Waals surface area contributed by atoms with Gasteiger partial charge in [0.15, 0.2) is 5.54 Å². The third-order valence-corrected chi connectivity index (χ3v) is 6.27. The Morgan fingerprint density at radius 2 is 1.61 bits per heavy atom. The fraction of sp³-hybridized carbons (Fsp3) is 0.0800. The highest BCUT2D eigenvalue weighted by Crippen LogP contribution is 2.53. The summed E-state index contributed by atoms with van der Waals surface area (Å²) in [7, 11) is 1.08. The van der Waals surface area contributed by atoms with Gasteiger partial charge in [-0.05, 0) is 18.2 Å². The molecule has 0 aromatic heterocycles. The number of nitro groups is 2. The highest BCUT2D eigenvalue weighted by Gasteiger charge is 2.64. The van der Waals surface area contributed by atoms with Crippen molar-refractivity contribution in [3.05, 3.63) is 110 Å². The topological polar surface area (TPSA) is 174 Å². The van der Waals surface area contributed by atoms with E-state index in [2.05, 4.69) is 10.6 Å². The van der Waals surface area contributed by atoms with Gasteiger partial charge < -0.3 is 15.4 Å². The summed E-state index contributed by atoms with van der Waals surface area (Å²) in [5.74, 6) is -2.68. The van der Waals surface area contributed by atoms with E-state index >= 15 is 0 Å². The predicted octanol–water partition coefficient (Wildman–Crippen LogP) is 3.24. The van der Waals surface area contributed by atoms with Crippen LogP contribution < -0.4 is 15.5 Å². The first kappa shape index (κ1) is 24.1. The van der Waals surface area contributed by atoms with Crippen molar-refractivity contribution in [2.24, 2.45) is 0 Å². The number of carbonyl (C=O) groups is 3. The van der Waals surface area contributed by atoms with Crippen molar-refractivity contribution in [3.63, 3.8) is 0 Å². The summed E-state index contributed by atoms with van der Waals surface area (Å²) >= 11 is 0. The van der Waals surface area contributed by atoms with Crippen LogP contribution in [0.2, 0.25) is 0 Å². The fourth-order valence-corrected chi connectivity index (χ4v) is 4.74. The molecule has 1 atom stereocenters. The number of para-hydroxylation sites is 1. The van der Waals surface area contributed by atoms with E-state index in [1.165, 1.54) is 36.4 Å². The molecule has 2 N–H and O–H groups in total. The molecule has 0 fully saturated rings. The van der Waals surface area contributed by atoms with E-state index < -0.39 is 33.2 Å². The largest absolute Gasteiger partial charge is 0.466 e. The average Bonchev–Trinajstić information content (AvgIpc) is 3.34. The van der Waals surface area contributed by atoms with Crippen molar-refractivity contribution in [1.82, 2.24) is 0 Å². The van der Waals surface area contributed by atoms with Gasteiger partial charge in [0.25, 0.3) is 23.2 Å². The minimum Gasteiger partial charge on any atom is -0.466 e. The Morgan fingerprint density at radius 3 is 2.29 bits per heavy atom. The number of non-ortho nitro benzene ring substituents is 2. The summed E-state index contributed by atoms with van der Waals surface area (Å²) in [5, 5.41) is 28.2. The molecule has 2 aliphatic heterocycles. The van der Waals surface area contributed by atoms with Gasteiger partial charge in [-0.15, -0.1) is 0 Å². The van der Waals surface area contributed by atoms with Crippen LogP contribution in [-0.2, 0) is 24.7 Å². The molecule has 0 saturated heterocycles. The Bertz CT molecular complexity index is 1600. The normalized spacial score (nSPS) is 17.9. The van der Waals surface area contributed by atoms with Crippen LogP contribution in [0.5, 0.6) is 0 Å². The number of amides is 2. The van der Waals surface area contributed by atoms with Crippen LogP contribution in [0, 0.1) is 20.2 Å². The molecule has 2 amide bonds. The number of nitrogens with one attached hydrogen (secondary N) is 2. The number of nitro benzene ring substituents is 2. The molecule has 38 heavy (non-hydrogen) atoms. The fourth-order valence-electron chi connectivity index (χ4n) is 4.74. The number of benzene rings is 3. The molecule has 0 aliphatic carbocycles. The summed E-state index contributed by atoms with van der Waals surface area (Å²) in [6, 6.07) is 16.7. The molecule has 0 radical (unpaired) electrons. The van der Waals surface area contributed by atoms with Gasteiger partial charge in [0.2, 0.25) is 0 Å². The highest BCUT2D eigenvalue weighted by molar-refractivity contribution is 6.29. The van der Waals surface area contributed by atoms with Gasteiger partial charge in [-0.25, -0.2) is 4.79 Å². The number of carbonyl (C=O) groups excluding carboxylic acids is 3. The van der Waals surface area contributed by atoms with Gasteiger partial charge in [0.05, 0.1) is 22.6 Å². The molecule has 190 valence electrons. The van der Waals surface area contributed by atoms with Crippen LogP contribution >= 0.6 is 0 Å². The van der Waals surface area contributed by atoms with Gasteiger partial charge >= 0.3 is 5.97 Å². The van der Waals surface area contributed by atoms with E-state index in [0.717, 1.165) is 24.1 Å². The zero-order valence-corrected chi connectivity index (χ0v) is 19.5. The maximum atomic E-state index is 14.1. The summed E-state index contributed by atoms with van der Waals surface area (Å²) < 4.78 is 5.00. The van der Waals surface area contributed by atoms with Crippen LogP contribution in [-0.4, -0.2) is 34.7 Å². The molecular weight excluding hydrogens is 498 g/mol. The Kier molecular flexibility index (Phi) is 5.59. The van der Waals surface area contributed by atoms with Crippen molar-refractivity contribution in [2.75, 3.05) is 22.6 Å². The third kappa shape index (κ3) is 3.44. The monoisotopic (exact) mass is 515 g/mol. The number of hydrogen-bond acceptors (Lipinski definition) is 9. The maximum Gasteiger partial charge on any atom is 0.339 e. The number of methoxy groups -OCH3 is 1. The van der Waals surface area contributed by atoms with E-state index in [1.54, 1.807) is 24.3 Å². The smallest absolute Gasteiger partial charge is 0.339 e. The minimum atomic E-state index is -2.10. The Hall–Kier alpha value is -5.59. The number of fused-ring (bicyclic) bond motifs is 2. The van der Waals surface area contributed by atoms with Crippen LogP contribution in [0.4, 0.5) is 28.4 Å². The number of anilines is 3. The zero-order valence-electron chi connectivity index (χ0n) is 19.5. The minimum absolute atomic E-state index is 0.0340. The zero-order chi connectivity index (χ0) is 27.2. The van der Waals surface area contributed by atoms with Crippen LogP contribution in [0.15, 0.2) is 84.1 Å². The maximum absolute atomic E-state index is 14.1. The van der Waals surface area contributed by atoms with E-state index in [-0.39, 0.29) is 39.6 Å². The standard InChI is InChI=1S/C25H17N5O8/c1-38-23(32)20-21(26-14-6-4-8-16(12-14)29(34)35)22(31)28(15-7-5-9-17(13-15)30(36)37)25(20)18-10-2-3-11-19(18)27-24(25)33/h2-13,26H,1H3,(H,27,33). The van der Waals surface area contributed by atoms with Crippen LogP contribution in [0.25, 0.3) is 0 Å². The molecule has 5 rings (SSSR count). The Morgan fingerprint density at radius 1 is 0.947 bits per heavy atom. The quantitative estimate of drug-likeness (QED) is 0.284. The first-order chi connectivity index (χ1) is 18.2. The van der Waals surface area contributed by atoms with Gasteiger partial charge in [0, 0.05) is 41.2 Å². The number of esters is 1. The molecule has 3 aromatic rings. The van der Waals surface area contributed by atoms with Crippen molar-refractivity contribution in [3.8, 4) is 0 Å². The second-order valence-corrected chi connectivity index (χ2v) is 8.30. The van der Waals surface area contributed by atoms with Crippen molar-refractivity contribution in [2.45, 2.75) is 5.54 Å². The first-order valence-corrected chi connectivity index (χ1v) is 11.0. The van der Waals surface area contributed by atoms with E-state index in [0.29, 0.717) is 5.69 Å². The SMILES string of the molecule is COC(=O)C1=C(Nc2cccc([N+](=O)[O-])c2)C(=O)N(c2cccc([N+](=O)[O-])c2)C12C(=O)Nc1ccccc12. The lowest BCUT2D eigenvalue weighted by molar-refractivity contribution is -0.385. The predicted molar refractivity (Wildman–Crippen MR) is 133 cm³/mol.